The molecule has 0 amide bonds. The van der Waals surface area contributed by atoms with Gasteiger partial charge in [-0.3, -0.25) is 9.56 Å². The number of nitrogens with zero attached hydrogens (tertiary/aromatic N) is 2. The summed E-state index contributed by atoms with van der Waals surface area (Å²) in [6.45, 7) is 2.09. The minimum Gasteiger partial charge on any atom is -0.467 e. The molecule has 0 radical (unpaired) electrons. The number of allylic oxidation sites excluding steroid dienone is 2. The molecule has 0 fully saturated rings. The Bertz CT molecular complexity index is 941. The first-order valence-corrected chi connectivity index (χ1v) is 11.7. The van der Waals surface area contributed by atoms with E-state index in [0.29, 0.717) is 17.2 Å². The van der Waals surface area contributed by atoms with Gasteiger partial charge in [-0.25, -0.2) is 4.79 Å². The van der Waals surface area contributed by atoms with E-state index in [4.69, 9.17) is 4.74 Å². The van der Waals surface area contributed by atoms with E-state index in [-0.39, 0.29) is 0 Å². The van der Waals surface area contributed by atoms with Crippen molar-refractivity contribution in [3.05, 3.63) is 84.5 Å². The van der Waals surface area contributed by atoms with Crippen LogP contribution in [0.3, 0.4) is 0 Å². The molecule has 1 unspecified atom stereocenters. The van der Waals surface area contributed by atoms with Crippen LogP contribution in [-0.2, 0) is 14.1 Å². The van der Waals surface area contributed by atoms with Gasteiger partial charge in [-0.05, 0) is 49.6 Å². The number of carbonyl (C=O) groups excluding carboxylic acids is 1. The van der Waals surface area contributed by atoms with Crippen LogP contribution in [0.15, 0.2) is 89.5 Å². The molecule has 0 spiro atoms. The van der Waals surface area contributed by atoms with Crippen molar-refractivity contribution in [1.29, 1.82) is 0 Å². The number of ether oxygens (including phenoxy) is 1. The first kappa shape index (κ1) is 21.8. The van der Waals surface area contributed by atoms with Crippen LogP contribution in [-0.4, -0.2) is 36.7 Å². The fourth-order valence-electron chi connectivity index (χ4n) is 3.30. The highest BCUT2D eigenvalue weighted by Gasteiger charge is 2.33. The average Bonchev–Trinajstić information content (AvgIpc) is 2.82. The third-order valence-electron chi connectivity index (χ3n) is 4.96. The van der Waals surface area contributed by atoms with Gasteiger partial charge in [0.15, 0.2) is 0 Å². The Hall–Kier alpha value is -2.91. The number of rotatable bonds is 8. The van der Waals surface area contributed by atoms with E-state index in [2.05, 4.69) is 23.2 Å². The van der Waals surface area contributed by atoms with E-state index in [0.717, 1.165) is 18.4 Å². The first-order valence-electron chi connectivity index (χ1n) is 10.0. The van der Waals surface area contributed by atoms with Crippen LogP contribution in [0.2, 0.25) is 0 Å². The van der Waals surface area contributed by atoms with Crippen molar-refractivity contribution < 1.29 is 14.1 Å². The molecule has 0 saturated heterocycles. The smallest absolute Gasteiger partial charge is 0.330 e. The summed E-state index contributed by atoms with van der Waals surface area (Å²) in [7, 11) is -1.90. The molecule has 0 saturated carbocycles. The van der Waals surface area contributed by atoms with Crippen molar-refractivity contribution in [3.63, 3.8) is 0 Å². The Morgan fingerprint density at radius 3 is 2.20 bits per heavy atom. The zero-order valence-corrected chi connectivity index (χ0v) is 18.2. The second kappa shape index (κ2) is 10.2. The zero-order chi connectivity index (χ0) is 21.4. The molecule has 1 aliphatic rings. The second-order valence-corrected chi connectivity index (χ2v) is 9.77. The van der Waals surface area contributed by atoms with Gasteiger partial charge in [0.1, 0.15) is 6.04 Å². The molecule has 0 aromatic heterocycles. The summed E-state index contributed by atoms with van der Waals surface area (Å²) < 4.78 is 21.3. The molecule has 1 atom stereocenters. The van der Waals surface area contributed by atoms with E-state index < -0.39 is 19.3 Å². The number of carbonyl (C=O) groups is 1. The monoisotopic (exact) mass is 422 g/mol. The summed E-state index contributed by atoms with van der Waals surface area (Å²) in [6.07, 6.45) is 9.85. The Kier molecular flexibility index (Phi) is 7.42. The second-order valence-electron chi connectivity index (χ2n) is 7.07. The standard InChI is InChI=1S/C24H27N2O3P/c1-20(24(27)29-2)25-19-26(18-21-12-6-3-7-13-21)30(28,22-14-8-4-9-15-22)23-16-10-5-11-17-23/h4-6,8-17,19-20H,3,7,18H2,1-2H3. The van der Waals surface area contributed by atoms with Gasteiger partial charge in [0, 0.05) is 10.6 Å². The van der Waals surface area contributed by atoms with Crippen molar-refractivity contribution in [2.75, 3.05) is 13.7 Å². The normalized spacial score (nSPS) is 14.9. The summed E-state index contributed by atoms with van der Waals surface area (Å²) in [5.41, 5.74) is 1.07. The highest BCUT2D eigenvalue weighted by atomic mass is 31.2. The van der Waals surface area contributed by atoms with Crippen molar-refractivity contribution in [3.8, 4) is 0 Å². The Balaban J connectivity index is 2.09. The fourth-order valence-corrected chi connectivity index (χ4v) is 5.91. The van der Waals surface area contributed by atoms with E-state index in [1.54, 1.807) is 17.9 Å². The molecule has 2 aromatic carbocycles. The fraction of sp³-hybridized carbons (Fsp3) is 0.250. The van der Waals surface area contributed by atoms with Crippen LogP contribution in [0.1, 0.15) is 19.8 Å². The van der Waals surface area contributed by atoms with Crippen LogP contribution in [0, 0.1) is 0 Å². The minimum absolute atomic E-state index is 0.426. The number of aliphatic imine (C=N–C) groups is 1. The molecule has 2 aromatic rings. The summed E-state index contributed by atoms with van der Waals surface area (Å²) in [6, 6.07) is 18.2. The van der Waals surface area contributed by atoms with Crippen LogP contribution in [0.4, 0.5) is 0 Å². The highest BCUT2D eigenvalue weighted by Crippen LogP contribution is 2.47. The topological polar surface area (TPSA) is 59.0 Å². The van der Waals surface area contributed by atoms with Gasteiger partial charge < -0.3 is 9.41 Å². The summed E-state index contributed by atoms with van der Waals surface area (Å²) >= 11 is 0. The van der Waals surface area contributed by atoms with Crippen molar-refractivity contribution in [1.82, 2.24) is 4.67 Å². The van der Waals surface area contributed by atoms with Crippen LogP contribution >= 0.6 is 7.29 Å². The molecule has 6 heteroatoms. The SMILES string of the molecule is COC(=O)C(C)N=CN(CC1=CCCC=C1)P(=O)(c1ccccc1)c1ccccc1. The average molecular weight is 422 g/mol. The molecule has 0 N–H and O–H groups in total. The van der Waals surface area contributed by atoms with E-state index in [9.17, 15) is 9.36 Å². The summed E-state index contributed by atoms with van der Waals surface area (Å²) in [5.74, 6) is -0.433. The van der Waals surface area contributed by atoms with Gasteiger partial charge in [0.25, 0.3) is 0 Å². The van der Waals surface area contributed by atoms with Gasteiger partial charge in [-0.15, -0.1) is 0 Å². The number of methoxy groups -OCH3 is 1. The van der Waals surface area contributed by atoms with Crippen LogP contribution < -0.4 is 10.6 Å². The van der Waals surface area contributed by atoms with Gasteiger partial charge in [0.2, 0.25) is 7.29 Å². The molecular weight excluding hydrogens is 395 g/mol. The molecule has 0 heterocycles. The lowest BCUT2D eigenvalue weighted by molar-refractivity contribution is -0.141. The first-order chi connectivity index (χ1) is 14.6. The summed E-state index contributed by atoms with van der Waals surface area (Å²) in [4.78, 5) is 16.2. The molecule has 3 rings (SSSR count). The van der Waals surface area contributed by atoms with Crippen LogP contribution in [0.25, 0.3) is 0 Å². The maximum absolute atomic E-state index is 14.7. The molecular formula is C24H27N2O3P. The Morgan fingerprint density at radius 2 is 1.70 bits per heavy atom. The van der Waals surface area contributed by atoms with Crippen molar-refractivity contribution >= 4 is 30.2 Å². The van der Waals surface area contributed by atoms with E-state index in [1.807, 2.05) is 60.7 Å². The van der Waals surface area contributed by atoms with Crippen LogP contribution in [0.5, 0.6) is 0 Å². The molecule has 0 aliphatic heterocycles. The lowest BCUT2D eigenvalue weighted by atomic mass is 10.1. The lowest BCUT2D eigenvalue weighted by Gasteiger charge is -2.32. The third-order valence-corrected chi connectivity index (χ3v) is 7.92. The minimum atomic E-state index is -3.24. The quantitative estimate of drug-likeness (QED) is 0.278. The predicted octanol–water partition coefficient (Wildman–Crippen LogP) is 4.08. The molecule has 0 bridgehead atoms. The Labute approximate surface area is 178 Å². The lowest BCUT2D eigenvalue weighted by Crippen LogP contribution is -2.33. The zero-order valence-electron chi connectivity index (χ0n) is 17.3. The largest absolute Gasteiger partial charge is 0.467 e. The van der Waals surface area contributed by atoms with Gasteiger partial charge >= 0.3 is 5.97 Å². The Morgan fingerprint density at radius 1 is 1.10 bits per heavy atom. The van der Waals surface area contributed by atoms with E-state index >= 15 is 0 Å². The number of hydrogen-bond acceptors (Lipinski definition) is 4. The molecule has 5 nitrogen and oxygen atoms in total. The maximum Gasteiger partial charge on any atom is 0.330 e. The van der Waals surface area contributed by atoms with Crippen molar-refractivity contribution in [2.45, 2.75) is 25.8 Å². The van der Waals surface area contributed by atoms with Gasteiger partial charge in [-0.2, -0.15) is 0 Å². The predicted molar refractivity (Wildman–Crippen MR) is 123 cm³/mol. The third kappa shape index (κ3) is 4.98. The summed E-state index contributed by atoms with van der Waals surface area (Å²) in [5, 5.41) is 1.43. The molecule has 156 valence electrons. The van der Waals surface area contributed by atoms with Crippen molar-refractivity contribution in [2.24, 2.45) is 4.99 Å². The number of benzene rings is 2. The number of esters is 1. The maximum atomic E-state index is 14.7. The van der Waals surface area contributed by atoms with E-state index in [1.165, 1.54) is 7.11 Å². The van der Waals surface area contributed by atoms with Gasteiger partial charge in [-0.1, -0.05) is 54.6 Å². The molecule has 30 heavy (non-hydrogen) atoms. The molecule has 1 aliphatic carbocycles. The highest BCUT2D eigenvalue weighted by molar-refractivity contribution is 7.77. The van der Waals surface area contributed by atoms with Gasteiger partial charge in [0.05, 0.1) is 20.0 Å². The number of hydrogen-bond donors (Lipinski definition) is 0.